The molecule has 3 rings (SSSR count). The highest BCUT2D eigenvalue weighted by Crippen LogP contribution is 2.33. The van der Waals surface area contributed by atoms with Crippen molar-refractivity contribution in [2.45, 2.75) is 39.3 Å². The van der Waals surface area contributed by atoms with Crippen LogP contribution in [0.1, 0.15) is 40.8 Å². The number of hydrogen-bond acceptors (Lipinski definition) is 4. The Hall–Kier alpha value is -1.19. The molecule has 0 spiro atoms. The summed E-state index contributed by atoms with van der Waals surface area (Å²) in [6, 6.07) is 8.73. The number of rotatable bonds is 5. The lowest BCUT2D eigenvalue weighted by atomic mass is 9.89. The summed E-state index contributed by atoms with van der Waals surface area (Å²) in [7, 11) is 3.89. The van der Waals surface area contributed by atoms with Gasteiger partial charge in [0.1, 0.15) is 0 Å². The van der Waals surface area contributed by atoms with Gasteiger partial charge in [0.05, 0.1) is 23.4 Å². The third-order valence-electron chi connectivity index (χ3n) is 5.01. The average Bonchev–Trinajstić information content (AvgIpc) is 3.08. The van der Waals surface area contributed by atoms with Gasteiger partial charge in [0.15, 0.2) is 5.96 Å². The van der Waals surface area contributed by atoms with Crippen molar-refractivity contribution in [3.63, 3.8) is 0 Å². The minimum absolute atomic E-state index is 0. The second-order valence-corrected chi connectivity index (χ2v) is 8.31. The number of aryl methyl sites for hydroxylation is 2. The molecule has 0 aliphatic carbocycles. The second kappa shape index (κ2) is 11.1. The summed E-state index contributed by atoms with van der Waals surface area (Å²) in [5.74, 6) is 1.34. The van der Waals surface area contributed by atoms with Crippen LogP contribution in [0.2, 0.25) is 0 Å². The zero-order valence-corrected chi connectivity index (χ0v) is 20.3. The average molecular weight is 514 g/mol. The first-order valence-corrected chi connectivity index (χ1v) is 10.5. The summed E-state index contributed by atoms with van der Waals surface area (Å²) in [4.78, 5) is 11.1. The van der Waals surface area contributed by atoms with E-state index in [0.29, 0.717) is 5.92 Å². The fourth-order valence-corrected chi connectivity index (χ4v) is 4.19. The van der Waals surface area contributed by atoms with Gasteiger partial charge in [-0.25, -0.2) is 4.98 Å². The summed E-state index contributed by atoms with van der Waals surface area (Å²) in [5, 5.41) is 6.76. The van der Waals surface area contributed by atoms with Crippen LogP contribution in [0.3, 0.4) is 0 Å². The molecular formula is C21H31IN4OS. The third-order valence-corrected chi connectivity index (χ3v) is 5.83. The minimum atomic E-state index is 0. The zero-order valence-electron chi connectivity index (χ0n) is 17.1. The van der Waals surface area contributed by atoms with Gasteiger partial charge < -0.3 is 15.0 Å². The number of guanidine groups is 1. The fraction of sp³-hybridized carbons (Fsp3) is 0.524. The molecule has 1 saturated heterocycles. The number of benzene rings is 1. The van der Waals surface area contributed by atoms with Crippen LogP contribution < -0.4 is 5.32 Å². The Morgan fingerprint density at radius 2 is 2.07 bits per heavy atom. The first-order valence-electron chi connectivity index (χ1n) is 9.57. The molecule has 0 bridgehead atoms. The Kier molecular flexibility index (Phi) is 9.17. The molecule has 1 aromatic heterocycles. The molecule has 2 unspecified atom stereocenters. The highest BCUT2D eigenvalue weighted by Gasteiger charge is 2.27. The van der Waals surface area contributed by atoms with E-state index in [1.54, 1.807) is 11.3 Å². The maximum atomic E-state index is 6.14. The molecule has 154 valence electrons. The van der Waals surface area contributed by atoms with Crippen LogP contribution in [0.4, 0.5) is 0 Å². The Morgan fingerprint density at radius 1 is 1.32 bits per heavy atom. The number of nitrogens with one attached hydrogen (secondary N) is 1. The van der Waals surface area contributed by atoms with Gasteiger partial charge in [0, 0.05) is 38.5 Å². The molecule has 1 N–H and O–H groups in total. The molecule has 0 radical (unpaired) electrons. The normalized spacial score (nSPS) is 19.8. The van der Waals surface area contributed by atoms with Crippen molar-refractivity contribution in [2.24, 2.45) is 10.9 Å². The second-order valence-electron chi connectivity index (χ2n) is 7.25. The fourth-order valence-electron chi connectivity index (χ4n) is 3.58. The van der Waals surface area contributed by atoms with E-state index in [4.69, 9.17) is 4.74 Å². The molecule has 0 saturated carbocycles. The smallest absolute Gasteiger partial charge is 0.193 e. The molecule has 2 heterocycles. The van der Waals surface area contributed by atoms with Crippen LogP contribution in [0.25, 0.3) is 0 Å². The summed E-state index contributed by atoms with van der Waals surface area (Å²) in [6.45, 7) is 6.61. The Morgan fingerprint density at radius 3 is 2.71 bits per heavy atom. The first kappa shape index (κ1) is 23.1. The Bertz CT molecular complexity index is 762. The van der Waals surface area contributed by atoms with Gasteiger partial charge in [-0.1, -0.05) is 29.8 Å². The number of nitrogens with zero attached hydrogens (tertiary/aromatic N) is 3. The molecule has 1 aromatic carbocycles. The lowest BCUT2D eigenvalue weighted by molar-refractivity contribution is -0.0266. The lowest BCUT2D eigenvalue weighted by Gasteiger charge is -2.33. The molecule has 1 fully saturated rings. The summed E-state index contributed by atoms with van der Waals surface area (Å²) < 4.78 is 6.14. The van der Waals surface area contributed by atoms with Crippen LogP contribution in [0.5, 0.6) is 0 Å². The van der Waals surface area contributed by atoms with Gasteiger partial charge >= 0.3 is 0 Å². The van der Waals surface area contributed by atoms with Crippen molar-refractivity contribution < 1.29 is 4.74 Å². The van der Waals surface area contributed by atoms with Gasteiger partial charge in [-0.05, 0) is 32.3 Å². The topological polar surface area (TPSA) is 49.8 Å². The highest BCUT2D eigenvalue weighted by molar-refractivity contribution is 14.0. The van der Waals surface area contributed by atoms with Gasteiger partial charge in [0.25, 0.3) is 0 Å². The summed E-state index contributed by atoms with van der Waals surface area (Å²) in [6.07, 6.45) is 2.43. The number of aromatic nitrogens is 1. The van der Waals surface area contributed by atoms with Crippen molar-refractivity contribution in [1.82, 2.24) is 15.2 Å². The summed E-state index contributed by atoms with van der Waals surface area (Å²) >= 11 is 1.69. The molecular weight excluding hydrogens is 483 g/mol. The first-order chi connectivity index (χ1) is 13.1. The van der Waals surface area contributed by atoms with E-state index in [1.807, 2.05) is 14.0 Å². The van der Waals surface area contributed by atoms with Crippen molar-refractivity contribution in [3.8, 4) is 0 Å². The Labute approximate surface area is 189 Å². The van der Waals surface area contributed by atoms with Crippen LogP contribution in [-0.4, -0.2) is 43.1 Å². The van der Waals surface area contributed by atoms with Crippen LogP contribution in [-0.2, 0) is 11.3 Å². The molecule has 2 aromatic rings. The van der Waals surface area contributed by atoms with Crippen molar-refractivity contribution in [3.05, 3.63) is 51.5 Å². The maximum absolute atomic E-state index is 6.14. The highest BCUT2D eigenvalue weighted by atomic mass is 127. The van der Waals surface area contributed by atoms with Crippen LogP contribution in [0.15, 0.2) is 34.6 Å². The standard InChI is InChI=1S/C21H30N4OS.HI/c1-15-7-9-17(10-8-15)20-18(6-5-11-26-20)12-23-21(22-3)25(4)13-19-14-27-16(2)24-19;/h7-10,14,18,20H,5-6,11-13H2,1-4H3,(H,22,23);1H. The lowest BCUT2D eigenvalue weighted by Crippen LogP contribution is -2.42. The number of halogens is 1. The Balaban J connectivity index is 0.00000280. The number of aliphatic imine (C=N–C) groups is 1. The molecule has 7 heteroatoms. The molecule has 0 amide bonds. The van der Waals surface area contributed by atoms with Gasteiger partial charge in [-0.15, -0.1) is 35.3 Å². The van der Waals surface area contributed by atoms with Crippen molar-refractivity contribution in [1.29, 1.82) is 0 Å². The van der Waals surface area contributed by atoms with Gasteiger partial charge in [-0.3, -0.25) is 4.99 Å². The van der Waals surface area contributed by atoms with E-state index >= 15 is 0 Å². The summed E-state index contributed by atoms with van der Waals surface area (Å²) in [5.41, 5.74) is 3.64. The SMILES string of the molecule is CN=C(NCC1CCCOC1c1ccc(C)cc1)N(C)Cc1csc(C)n1.I. The van der Waals surface area contributed by atoms with Crippen molar-refractivity contribution in [2.75, 3.05) is 27.2 Å². The van der Waals surface area contributed by atoms with E-state index in [-0.39, 0.29) is 30.1 Å². The quantitative estimate of drug-likeness (QED) is 0.362. The maximum Gasteiger partial charge on any atom is 0.193 e. The predicted molar refractivity (Wildman–Crippen MR) is 128 cm³/mol. The van der Waals surface area contributed by atoms with E-state index < -0.39 is 0 Å². The third kappa shape index (κ3) is 6.15. The number of hydrogen-bond donors (Lipinski definition) is 1. The van der Waals surface area contributed by atoms with Crippen LogP contribution in [0, 0.1) is 19.8 Å². The van der Waals surface area contributed by atoms with E-state index in [0.717, 1.165) is 49.2 Å². The predicted octanol–water partition coefficient (Wildman–Crippen LogP) is 4.55. The molecule has 5 nitrogen and oxygen atoms in total. The molecule has 28 heavy (non-hydrogen) atoms. The van der Waals surface area contributed by atoms with Crippen LogP contribution >= 0.6 is 35.3 Å². The van der Waals surface area contributed by atoms with Gasteiger partial charge in [-0.2, -0.15) is 0 Å². The van der Waals surface area contributed by atoms with E-state index in [2.05, 4.69) is 63.8 Å². The zero-order chi connectivity index (χ0) is 19.2. The largest absolute Gasteiger partial charge is 0.373 e. The number of thiazole rings is 1. The monoisotopic (exact) mass is 514 g/mol. The number of ether oxygens (including phenoxy) is 1. The van der Waals surface area contributed by atoms with E-state index in [1.165, 1.54) is 11.1 Å². The molecule has 1 aliphatic rings. The van der Waals surface area contributed by atoms with Crippen molar-refractivity contribution >= 4 is 41.3 Å². The molecule has 2 atom stereocenters. The van der Waals surface area contributed by atoms with E-state index in [9.17, 15) is 0 Å². The minimum Gasteiger partial charge on any atom is -0.373 e. The molecule has 1 aliphatic heterocycles. The van der Waals surface area contributed by atoms with Gasteiger partial charge in [0.2, 0.25) is 0 Å².